The van der Waals surface area contributed by atoms with Gasteiger partial charge >= 0.3 is 12.0 Å². The second kappa shape index (κ2) is 5.94. The van der Waals surface area contributed by atoms with E-state index in [0.29, 0.717) is 19.5 Å². The fourth-order valence-electron chi connectivity index (χ4n) is 2.47. The van der Waals surface area contributed by atoms with Crippen LogP contribution in [0.5, 0.6) is 0 Å². The van der Waals surface area contributed by atoms with Crippen molar-refractivity contribution in [2.75, 3.05) is 13.6 Å². The largest absolute Gasteiger partial charge is 0.480 e. The van der Waals surface area contributed by atoms with Gasteiger partial charge in [0, 0.05) is 33.0 Å². The zero-order valence-corrected chi connectivity index (χ0v) is 11.8. The Morgan fingerprint density at radius 3 is 2.85 bits per heavy atom. The van der Waals surface area contributed by atoms with Crippen molar-refractivity contribution < 1.29 is 14.7 Å². The number of aromatic nitrogens is 2. The summed E-state index contributed by atoms with van der Waals surface area (Å²) < 4.78 is 1.84. The number of imidazole rings is 1. The van der Waals surface area contributed by atoms with Crippen LogP contribution in [0.1, 0.15) is 25.1 Å². The molecule has 1 unspecified atom stereocenters. The highest BCUT2D eigenvalue weighted by Crippen LogP contribution is 2.19. The van der Waals surface area contributed by atoms with Gasteiger partial charge in [-0.2, -0.15) is 0 Å². The molecule has 110 valence electrons. The summed E-state index contributed by atoms with van der Waals surface area (Å²) in [6.07, 6.45) is 5.72. The maximum Gasteiger partial charge on any atom is 0.326 e. The quantitative estimate of drug-likeness (QED) is 0.892. The Kier molecular flexibility index (Phi) is 4.26. The van der Waals surface area contributed by atoms with E-state index in [2.05, 4.69) is 4.98 Å². The molecule has 1 aliphatic rings. The van der Waals surface area contributed by atoms with Crippen LogP contribution in [0.3, 0.4) is 0 Å². The smallest absolute Gasteiger partial charge is 0.326 e. The summed E-state index contributed by atoms with van der Waals surface area (Å²) in [5.74, 6) is -0.159. The van der Waals surface area contributed by atoms with E-state index in [1.165, 1.54) is 9.80 Å². The number of urea groups is 1. The molecule has 2 rings (SSSR count). The van der Waals surface area contributed by atoms with Gasteiger partial charge in [-0.25, -0.2) is 14.6 Å². The third-order valence-corrected chi connectivity index (χ3v) is 3.66. The number of aliphatic carboxylic acids is 1. The van der Waals surface area contributed by atoms with Gasteiger partial charge < -0.3 is 19.5 Å². The molecule has 7 heteroatoms. The van der Waals surface area contributed by atoms with Gasteiger partial charge in [-0.15, -0.1) is 0 Å². The molecule has 0 spiro atoms. The lowest BCUT2D eigenvalue weighted by atomic mass is 10.0. The lowest BCUT2D eigenvalue weighted by Gasteiger charge is -2.35. The molecule has 1 fully saturated rings. The molecule has 0 saturated carbocycles. The standard InChI is InChI=1S/C13H20N4O3/c1-15-8-6-14-11(15)9-16(2)13(20)17-7-4-3-5-10(17)12(18)19/h6,8,10H,3-5,7,9H2,1-2H3,(H,18,19). The number of rotatable bonds is 3. The van der Waals surface area contributed by atoms with E-state index in [0.717, 1.165) is 18.7 Å². The third-order valence-electron chi connectivity index (χ3n) is 3.66. The van der Waals surface area contributed by atoms with Crippen LogP contribution in [-0.4, -0.2) is 56.1 Å². The number of likely N-dealkylation sites (tertiary alicyclic amines) is 1. The maximum atomic E-state index is 12.4. The van der Waals surface area contributed by atoms with Crippen molar-refractivity contribution in [1.82, 2.24) is 19.4 Å². The molecule has 2 amide bonds. The number of hydrogen-bond donors (Lipinski definition) is 1. The monoisotopic (exact) mass is 280 g/mol. The van der Waals surface area contributed by atoms with Crippen molar-refractivity contribution in [3.63, 3.8) is 0 Å². The molecular formula is C13H20N4O3. The Morgan fingerprint density at radius 1 is 1.50 bits per heavy atom. The molecule has 0 aliphatic carbocycles. The van der Waals surface area contributed by atoms with Crippen LogP contribution in [-0.2, 0) is 18.4 Å². The second-order valence-corrected chi connectivity index (χ2v) is 5.14. The highest BCUT2D eigenvalue weighted by Gasteiger charge is 2.33. The van der Waals surface area contributed by atoms with Gasteiger partial charge in [0.1, 0.15) is 11.9 Å². The summed E-state index contributed by atoms with van der Waals surface area (Å²) in [6, 6.07) is -0.958. The Bertz CT molecular complexity index is 500. The van der Waals surface area contributed by atoms with Gasteiger partial charge in [-0.05, 0) is 19.3 Å². The summed E-state index contributed by atoms with van der Waals surface area (Å²) in [5, 5.41) is 9.21. The van der Waals surface area contributed by atoms with E-state index >= 15 is 0 Å². The molecule has 1 aliphatic heterocycles. The van der Waals surface area contributed by atoms with E-state index in [1.54, 1.807) is 13.2 Å². The van der Waals surface area contributed by atoms with E-state index in [1.807, 2.05) is 17.8 Å². The number of amides is 2. The first kappa shape index (κ1) is 14.4. The van der Waals surface area contributed by atoms with Crippen LogP contribution in [0.4, 0.5) is 4.79 Å². The molecule has 0 radical (unpaired) electrons. The second-order valence-electron chi connectivity index (χ2n) is 5.14. The highest BCUT2D eigenvalue weighted by molar-refractivity contribution is 5.82. The number of hydrogen-bond acceptors (Lipinski definition) is 3. The van der Waals surface area contributed by atoms with Crippen LogP contribution < -0.4 is 0 Å². The molecule has 1 aromatic rings. The minimum atomic E-state index is -0.927. The Morgan fingerprint density at radius 2 is 2.25 bits per heavy atom. The average molecular weight is 280 g/mol. The number of carboxylic acids is 1. The third kappa shape index (κ3) is 2.92. The molecule has 0 aromatic carbocycles. The molecule has 20 heavy (non-hydrogen) atoms. The van der Waals surface area contributed by atoms with Gasteiger partial charge in [-0.3, -0.25) is 0 Å². The molecule has 1 N–H and O–H groups in total. The van der Waals surface area contributed by atoms with Crippen molar-refractivity contribution in [2.24, 2.45) is 7.05 Å². The Hall–Kier alpha value is -2.05. The number of aryl methyl sites for hydroxylation is 1. The number of carbonyl (C=O) groups is 2. The lowest BCUT2D eigenvalue weighted by molar-refractivity contribution is -0.143. The maximum absolute atomic E-state index is 12.4. The Labute approximate surface area is 117 Å². The van der Waals surface area contributed by atoms with Crippen LogP contribution >= 0.6 is 0 Å². The van der Waals surface area contributed by atoms with Crippen molar-refractivity contribution in [1.29, 1.82) is 0 Å². The number of carbonyl (C=O) groups excluding carboxylic acids is 1. The van der Waals surface area contributed by atoms with Gasteiger partial charge in [0.25, 0.3) is 0 Å². The SMILES string of the molecule is CN(Cc1nccn1C)C(=O)N1CCCCC1C(=O)O. The number of piperidine rings is 1. The predicted molar refractivity (Wildman–Crippen MR) is 72.1 cm³/mol. The van der Waals surface area contributed by atoms with Crippen molar-refractivity contribution in [3.8, 4) is 0 Å². The minimum Gasteiger partial charge on any atom is -0.480 e. The molecule has 1 atom stereocenters. The summed E-state index contributed by atoms with van der Waals surface area (Å²) in [6.45, 7) is 0.867. The van der Waals surface area contributed by atoms with Crippen molar-refractivity contribution in [3.05, 3.63) is 18.2 Å². The number of carboxylic acid groups (broad SMARTS) is 1. The minimum absolute atomic E-state index is 0.250. The summed E-state index contributed by atoms with van der Waals surface area (Å²) in [4.78, 5) is 30.8. The lowest BCUT2D eigenvalue weighted by Crippen LogP contribution is -2.52. The van der Waals surface area contributed by atoms with Crippen LogP contribution in [0, 0.1) is 0 Å². The van der Waals surface area contributed by atoms with Crippen LogP contribution in [0.15, 0.2) is 12.4 Å². The zero-order chi connectivity index (χ0) is 14.7. The van der Waals surface area contributed by atoms with Gasteiger partial charge in [-0.1, -0.05) is 0 Å². The molecule has 7 nitrogen and oxygen atoms in total. The van der Waals surface area contributed by atoms with Crippen LogP contribution in [0.25, 0.3) is 0 Å². The molecular weight excluding hydrogens is 260 g/mol. The normalized spacial score (nSPS) is 18.9. The fourth-order valence-corrected chi connectivity index (χ4v) is 2.47. The van der Waals surface area contributed by atoms with Gasteiger partial charge in [0.15, 0.2) is 0 Å². The first-order valence-corrected chi connectivity index (χ1v) is 6.71. The highest BCUT2D eigenvalue weighted by atomic mass is 16.4. The Balaban J connectivity index is 2.05. The number of nitrogens with zero attached hydrogens (tertiary/aromatic N) is 4. The van der Waals surface area contributed by atoms with Crippen LogP contribution in [0.2, 0.25) is 0 Å². The predicted octanol–water partition coefficient (Wildman–Crippen LogP) is 0.911. The van der Waals surface area contributed by atoms with E-state index in [-0.39, 0.29) is 6.03 Å². The first-order valence-electron chi connectivity index (χ1n) is 6.71. The van der Waals surface area contributed by atoms with Crippen molar-refractivity contribution in [2.45, 2.75) is 31.8 Å². The molecule has 1 saturated heterocycles. The summed E-state index contributed by atoms with van der Waals surface area (Å²) in [5.41, 5.74) is 0. The fraction of sp³-hybridized carbons (Fsp3) is 0.615. The van der Waals surface area contributed by atoms with E-state index in [4.69, 9.17) is 0 Å². The topological polar surface area (TPSA) is 78.7 Å². The molecule has 1 aromatic heterocycles. The first-order chi connectivity index (χ1) is 9.50. The van der Waals surface area contributed by atoms with E-state index in [9.17, 15) is 14.7 Å². The van der Waals surface area contributed by atoms with E-state index < -0.39 is 12.0 Å². The zero-order valence-electron chi connectivity index (χ0n) is 11.8. The van der Waals surface area contributed by atoms with Gasteiger partial charge in [0.2, 0.25) is 0 Å². The van der Waals surface area contributed by atoms with Crippen molar-refractivity contribution >= 4 is 12.0 Å². The van der Waals surface area contributed by atoms with Gasteiger partial charge in [0.05, 0.1) is 6.54 Å². The summed E-state index contributed by atoms with van der Waals surface area (Å²) >= 11 is 0. The molecule has 2 heterocycles. The summed E-state index contributed by atoms with van der Waals surface area (Å²) in [7, 11) is 3.53. The molecule has 0 bridgehead atoms. The average Bonchev–Trinajstić information content (AvgIpc) is 2.83.